The van der Waals surface area contributed by atoms with E-state index in [9.17, 15) is 4.79 Å². The fraction of sp³-hybridized carbons (Fsp3) is 0.429. The lowest BCUT2D eigenvalue weighted by atomic mass is 9.75. The number of hydrogen-bond acceptors (Lipinski definition) is 2. The second-order valence-corrected chi connectivity index (χ2v) is 5.05. The van der Waals surface area contributed by atoms with Gasteiger partial charge in [-0.05, 0) is 29.0 Å². The zero-order valence-electron chi connectivity index (χ0n) is 10.0. The summed E-state index contributed by atoms with van der Waals surface area (Å²) in [4.78, 5) is 10.7. The molecule has 0 radical (unpaired) electrons. The first-order chi connectivity index (χ1) is 7.49. The van der Waals surface area contributed by atoms with Gasteiger partial charge in [0.1, 0.15) is 6.29 Å². The molecule has 0 spiro atoms. The van der Waals surface area contributed by atoms with Crippen LogP contribution in [0, 0.1) is 16.7 Å². The quantitative estimate of drug-likeness (QED) is 0.726. The minimum absolute atomic E-state index is 0.0507. The van der Waals surface area contributed by atoms with Crippen molar-refractivity contribution < 1.29 is 4.79 Å². The van der Waals surface area contributed by atoms with Crippen molar-refractivity contribution in [1.29, 1.82) is 5.26 Å². The molecule has 1 unspecified atom stereocenters. The minimum Gasteiger partial charge on any atom is -0.303 e. The van der Waals surface area contributed by atoms with Crippen LogP contribution in [0.5, 0.6) is 0 Å². The Hall–Kier alpha value is -1.62. The van der Waals surface area contributed by atoms with E-state index in [1.807, 2.05) is 12.1 Å². The van der Waals surface area contributed by atoms with Gasteiger partial charge in [0.05, 0.1) is 11.6 Å². The molecule has 0 saturated carbocycles. The van der Waals surface area contributed by atoms with E-state index in [0.717, 1.165) is 11.8 Å². The summed E-state index contributed by atoms with van der Waals surface area (Å²) in [7, 11) is 0. The number of benzene rings is 1. The summed E-state index contributed by atoms with van der Waals surface area (Å²) in [5.41, 5.74) is 1.83. The molecule has 16 heavy (non-hydrogen) atoms. The SMILES string of the molecule is CC(C)(C)C(CC=O)c1ccc(C#N)cc1. The van der Waals surface area contributed by atoms with Crippen LogP contribution in [0.3, 0.4) is 0 Å². The molecule has 0 bridgehead atoms. The molecule has 2 nitrogen and oxygen atoms in total. The first-order valence-electron chi connectivity index (χ1n) is 5.42. The van der Waals surface area contributed by atoms with Crippen LogP contribution in [0.4, 0.5) is 0 Å². The Balaban J connectivity index is 3.03. The standard InChI is InChI=1S/C14H17NO/c1-14(2,3)13(8-9-16)12-6-4-11(10-15)5-7-12/h4-7,9,13H,8H2,1-3H3. The Labute approximate surface area is 96.9 Å². The van der Waals surface area contributed by atoms with Gasteiger partial charge < -0.3 is 4.79 Å². The molecule has 0 aliphatic carbocycles. The molecule has 0 aromatic heterocycles. The molecular formula is C14H17NO. The van der Waals surface area contributed by atoms with Crippen molar-refractivity contribution in [2.45, 2.75) is 33.1 Å². The number of rotatable bonds is 3. The molecule has 0 fully saturated rings. The maximum Gasteiger partial charge on any atom is 0.120 e. The van der Waals surface area contributed by atoms with Crippen LogP contribution in [0.15, 0.2) is 24.3 Å². The molecule has 1 aromatic carbocycles. The lowest BCUT2D eigenvalue weighted by Gasteiger charge is -2.29. The normalized spacial score (nSPS) is 12.9. The third kappa shape index (κ3) is 2.93. The Morgan fingerprint density at radius 1 is 1.31 bits per heavy atom. The Kier molecular flexibility index (Phi) is 3.84. The van der Waals surface area contributed by atoms with Gasteiger partial charge in [0.2, 0.25) is 0 Å². The average molecular weight is 215 g/mol. The summed E-state index contributed by atoms with van der Waals surface area (Å²) in [5.74, 6) is 0.206. The molecule has 0 saturated heterocycles. The smallest absolute Gasteiger partial charge is 0.120 e. The van der Waals surface area contributed by atoms with Gasteiger partial charge in [0.25, 0.3) is 0 Å². The number of carbonyl (C=O) groups excluding carboxylic acids is 1. The van der Waals surface area contributed by atoms with E-state index in [-0.39, 0.29) is 11.3 Å². The fourth-order valence-electron chi connectivity index (χ4n) is 1.88. The van der Waals surface area contributed by atoms with Crippen molar-refractivity contribution in [3.05, 3.63) is 35.4 Å². The Morgan fingerprint density at radius 2 is 1.88 bits per heavy atom. The summed E-state index contributed by atoms with van der Waals surface area (Å²) in [6, 6.07) is 9.59. The second kappa shape index (κ2) is 4.94. The Morgan fingerprint density at radius 3 is 2.25 bits per heavy atom. The molecule has 1 rings (SSSR count). The summed E-state index contributed by atoms with van der Waals surface area (Å²) in [6.07, 6.45) is 1.49. The van der Waals surface area contributed by atoms with Gasteiger partial charge in [-0.25, -0.2) is 0 Å². The van der Waals surface area contributed by atoms with Crippen LogP contribution in [-0.4, -0.2) is 6.29 Å². The first-order valence-corrected chi connectivity index (χ1v) is 5.42. The summed E-state index contributed by atoms with van der Waals surface area (Å²) in [5, 5.41) is 8.72. The van der Waals surface area contributed by atoms with Crippen LogP contribution in [-0.2, 0) is 4.79 Å². The van der Waals surface area contributed by atoms with Crippen molar-refractivity contribution in [2.75, 3.05) is 0 Å². The van der Waals surface area contributed by atoms with Crippen LogP contribution >= 0.6 is 0 Å². The summed E-state index contributed by atoms with van der Waals surface area (Å²) < 4.78 is 0. The highest BCUT2D eigenvalue weighted by atomic mass is 16.1. The summed E-state index contributed by atoms with van der Waals surface area (Å²) in [6.45, 7) is 6.37. The van der Waals surface area contributed by atoms with Gasteiger partial charge in [-0.15, -0.1) is 0 Å². The average Bonchev–Trinajstić information content (AvgIpc) is 2.25. The van der Waals surface area contributed by atoms with Gasteiger partial charge in [-0.1, -0.05) is 32.9 Å². The topological polar surface area (TPSA) is 40.9 Å². The van der Waals surface area contributed by atoms with E-state index in [4.69, 9.17) is 5.26 Å². The number of aldehydes is 1. The van der Waals surface area contributed by atoms with Gasteiger partial charge in [0.15, 0.2) is 0 Å². The summed E-state index contributed by atoms with van der Waals surface area (Å²) >= 11 is 0. The molecule has 0 aliphatic rings. The predicted octanol–water partition coefficient (Wildman–Crippen LogP) is 3.28. The van der Waals surface area contributed by atoms with Gasteiger partial charge in [-0.3, -0.25) is 0 Å². The Bertz CT molecular complexity index is 392. The highest BCUT2D eigenvalue weighted by Gasteiger charge is 2.25. The van der Waals surface area contributed by atoms with Crippen molar-refractivity contribution in [3.8, 4) is 6.07 Å². The van der Waals surface area contributed by atoms with Crippen LogP contribution in [0.1, 0.15) is 44.2 Å². The molecular weight excluding hydrogens is 198 g/mol. The highest BCUT2D eigenvalue weighted by molar-refractivity contribution is 5.52. The van der Waals surface area contributed by atoms with Crippen molar-refractivity contribution in [1.82, 2.24) is 0 Å². The van der Waals surface area contributed by atoms with E-state index in [0.29, 0.717) is 12.0 Å². The van der Waals surface area contributed by atoms with E-state index in [1.54, 1.807) is 12.1 Å². The van der Waals surface area contributed by atoms with Crippen LogP contribution < -0.4 is 0 Å². The molecule has 1 atom stereocenters. The number of nitrogens with zero attached hydrogens (tertiary/aromatic N) is 1. The molecule has 0 N–H and O–H groups in total. The van der Waals surface area contributed by atoms with Gasteiger partial charge >= 0.3 is 0 Å². The number of hydrogen-bond donors (Lipinski definition) is 0. The highest BCUT2D eigenvalue weighted by Crippen LogP contribution is 2.36. The van der Waals surface area contributed by atoms with E-state index >= 15 is 0 Å². The van der Waals surface area contributed by atoms with Crippen LogP contribution in [0.25, 0.3) is 0 Å². The molecule has 0 amide bonds. The maximum absolute atomic E-state index is 10.7. The van der Waals surface area contributed by atoms with Gasteiger partial charge in [0, 0.05) is 6.42 Å². The van der Waals surface area contributed by atoms with Crippen molar-refractivity contribution in [3.63, 3.8) is 0 Å². The molecule has 2 heteroatoms. The zero-order chi connectivity index (χ0) is 12.2. The first kappa shape index (κ1) is 12.4. The minimum atomic E-state index is 0.0507. The lowest BCUT2D eigenvalue weighted by Crippen LogP contribution is -2.18. The fourth-order valence-corrected chi connectivity index (χ4v) is 1.88. The molecule has 0 aliphatic heterocycles. The predicted molar refractivity (Wildman–Crippen MR) is 64.0 cm³/mol. The third-order valence-electron chi connectivity index (χ3n) is 2.82. The largest absolute Gasteiger partial charge is 0.303 e. The molecule has 84 valence electrons. The van der Waals surface area contributed by atoms with Gasteiger partial charge in [-0.2, -0.15) is 5.26 Å². The van der Waals surface area contributed by atoms with E-state index < -0.39 is 0 Å². The third-order valence-corrected chi connectivity index (χ3v) is 2.82. The second-order valence-electron chi connectivity index (χ2n) is 5.05. The molecule has 0 heterocycles. The zero-order valence-corrected chi connectivity index (χ0v) is 10.0. The van der Waals surface area contributed by atoms with E-state index in [2.05, 4.69) is 26.8 Å². The maximum atomic E-state index is 10.7. The van der Waals surface area contributed by atoms with Crippen molar-refractivity contribution >= 4 is 6.29 Å². The lowest BCUT2D eigenvalue weighted by molar-refractivity contribution is -0.108. The number of nitriles is 1. The molecule has 1 aromatic rings. The van der Waals surface area contributed by atoms with E-state index in [1.165, 1.54) is 0 Å². The van der Waals surface area contributed by atoms with Crippen LogP contribution in [0.2, 0.25) is 0 Å². The number of carbonyl (C=O) groups is 1. The van der Waals surface area contributed by atoms with Crippen molar-refractivity contribution in [2.24, 2.45) is 5.41 Å². The monoisotopic (exact) mass is 215 g/mol.